The Bertz CT molecular complexity index is 753. The van der Waals surface area contributed by atoms with Crippen LogP contribution in [0.3, 0.4) is 0 Å². The predicted molar refractivity (Wildman–Crippen MR) is 63.7 cm³/mol. The summed E-state index contributed by atoms with van der Waals surface area (Å²) < 4.78 is 27.8. The molecule has 0 bridgehead atoms. The van der Waals surface area contributed by atoms with Crippen LogP contribution in [0.2, 0.25) is 0 Å². The number of carbonyl (C=O) groups is 1. The highest BCUT2D eigenvalue weighted by molar-refractivity contribution is 5.92. The molecule has 0 unspecified atom stereocenters. The zero-order valence-corrected chi connectivity index (χ0v) is 9.64. The monoisotopic (exact) mass is 265 g/mol. The molecule has 0 spiro atoms. The average Bonchev–Trinajstić information content (AvgIpc) is 3.07. The predicted octanol–water partition coefficient (Wildman–Crippen LogP) is 2.12. The molecule has 98 valence electrons. The number of rotatable bonds is 2. The minimum atomic E-state index is -1.40. The topological polar surface area (TPSA) is 59.3 Å². The van der Waals surface area contributed by atoms with Crippen LogP contribution in [-0.4, -0.2) is 21.8 Å². The fourth-order valence-corrected chi connectivity index (χ4v) is 2.19. The number of hydrogen-bond acceptors (Lipinski definition) is 2. The first-order valence-corrected chi connectivity index (χ1v) is 5.71. The van der Waals surface area contributed by atoms with Crippen LogP contribution in [0.25, 0.3) is 10.9 Å². The number of carboxylic acids is 1. The molecule has 1 aliphatic carbocycles. The second-order valence-electron chi connectivity index (χ2n) is 4.56. The summed E-state index contributed by atoms with van der Waals surface area (Å²) in [6.07, 6.45) is 0.348. The third-order valence-corrected chi connectivity index (χ3v) is 3.26. The Balaban J connectivity index is 2.39. The van der Waals surface area contributed by atoms with Crippen molar-refractivity contribution in [3.05, 3.63) is 46.0 Å². The van der Waals surface area contributed by atoms with Gasteiger partial charge in [-0.3, -0.25) is 4.79 Å². The van der Waals surface area contributed by atoms with E-state index in [0.717, 1.165) is 18.3 Å². The molecule has 1 N–H and O–H groups in total. The normalized spacial score (nSPS) is 21.6. The van der Waals surface area contributed by atoms with Crippen LogP contribution in [0, 0.1) is 5.82 Å². The van der Waals surface area contributed by atoms with Crippen molar-refractivity contribution >= 4 is 16.9 Å². The minimum Gasteiger partial charge on any atom is -0.477 e. The van der Waals surface area contributed by atoms with Crippen LogP contribution in [-0.2, 0) is 0 Å². The number of carboxylic acid groups (broad SMARTS) is 1. The molecule has 1 aliphatic rings. The number of halogens is 2. The van der Waals surface area contributed by atoms with Gasteiger partial charge in [-0.25, -0.2) is 13.6 Å². The lowest BCUT2D eigenvalue weighted by Crippen LogP contribution is -2.19. The molecule has 2 aromatic rings. The van der Waals surface area contributed by atoms with Gasteiger partial charge in [0, 0.05) is 18.0 Å². The molecular weight excluding hydrogens is 256 g/mol. The zero-order valence-electron chi connectivity index (χ0n) is 9.64. The van der Waals surface area contributed by atoms with E-state index in [-0.39, 0.29) is 11.8 Å². The van der Waals surface area contributed by atoms with E-state index < -0.39 is 35.0 Å². The van der Waals surface area contributed by atoms with E-state index in [1.807, 2.05) is 0 Å². The van der Waals surface area contributed by atoms with Gasteiger partial charge in [0.25, 0.3) is 0 Å². The molecule has 1 fully saturated rings. The number of hydrogen-bond donors (Lipinski definition) is 1. The molecule has 1 heterocycles. The summed E-state index contributed by atoms with van der Waals surface area (Å²) in [6.45, 7) is 0. The second kappa shape index (κ2) is 3.88. The molecule has 2 atom stereocenters. The number of pyridine rings is 1. The Morgan fingerprint density at radius 1 is 1.42 bits per heavy atom. The van der Waals surface area contributed by atoms with Crippen molar-refractivity contribution in [2.45, 2.75) is 18.6 Å². The van der Waals surface area contributed by atoms with Gasteiger partial charge in [-0.2, -0.15) is 0 Å². The Labute approximate surface area is 105 Å². The molecular formula is C13H9F2NO3. The lowest BCUT2D eigenvalue weighted by atomic mass is 10.1. The molecule has 0 aliphatic heterocycles. The summed E-state index contributed by atoms with van der Waals surface area (Å²) in [6, 6.07) is 3.03. The molecule has 19 heavy (non-hydrogen) atoms. The summed E-state index contributed by atoms with van der Waals surface area (Å²) in [5, 5.41) is 8.94. The number of benzene rings is 1. The van der Waals surface area contributed by atoms with E-state index >= 15 is 0 Å². The first kappa shape index (κ1) is 11.8. The largest absolute Gasteiger partial charge is 0.477 e. The molecule has 3 rings (SSSR count). The zero-order chi connectivity index (χ0) is 13.7. The van der Waals surface area contributed by atoms with E-state index in [0.29, 0.717) is 5.52 Å². The number of nitrogens with zero attached hydrogens (tertiary/aromatic N) is 1. The summed E-state index contributed by atoms with van der Waals surface area (Å²) in [7, 11) is 0. The molecule has 1 aromatic carbocycles. The van der Waals surface area contributed by atoms with Crippen molar-refractivity contribution in [1.82, 2.24) is 4.57 Å². The Hall–Kier alpha value is -2.24. The maximum absolute atomic E-state index is 13.2. The Kier molecular flexibility index (Phi) is 2.41. The van der Waals surface area contributed by atoms with Gasteiger partial charge >= 0.3 is 5.97 Å². The first-order chi connectivity index (χ1) is 8.99. The quantitative estimate of drug-likeness (QED) is 0.904. The SMILES string of the molecule is O=C(O)c1cn([C@@H]2C[C@@H]2F)c2ccc(F)cc2c1=O. The van der Waals surface area contributed by atoms with Crippen molar-refractivity contribution in [1.29, 1.82) is 0 Å². The maximum atomic E-state index is 13.2. The van der Waals surface area contributed by atoms with Gasteiger partial charge in [-0.05, 0) is 18.2 Å². The standard InChI is InChI=1S/C13H9F2NO3/c14-6-1-2-10-7(3-6)12(17)8(13(18)19)5-16(10)11-4-9(11)15/h1-3,5,9,11H,4H2,(H,18,19)/t9-,11+/m0/s1. The third kappa shape index (κ3) is 1.80. The molecule has 0 saturated heterocycles. The van der Waals surface area contributed by atoms with Crippen LogP contribution in [0.1, 0.15) is 22.8 Å². The molecule has 1 saturated carbocycles. The van der Waals surface area contributed by atoms with E-state index in [2.05, 4.69) is 0 Å². The smallest absolute Gasteiger partial charge is 0.341 e. The fraction of sp³-hybridized carbons (Fsp3) is 0.231. The number of alkyl halides is 1. The van der Waals surface area contributed by atoms with Gasteiger partial charge in [0.15, 0.2) is 0 Å². The van der Waals surface area contributed by atoms with Gasteiger partial charge in [-0.15, -0.1) is 0 Å². The molecule has 1 aromatic heterocycles. The maximum Gasteiger partial charge on any atom is 0.341 e. The molecule has 0 radical (unpaired) electrons. The first-order valence-electron chi connectivity index (χ1n) is 5.71. The van der Waals surface area contributed by atoms with Crippen molar-refractivity contribution in [3.63, 3.8) is 0 Å². The van der Waals surface area contributed by atoms with Gasteiger partial charge < -0.3 is 9.67 Å². The number of aromatic nitrogens is 1. The molecule has 4 nitrogen and oxygen atoms in total. The van der Waals surface area contributed by atoms with E-state index in [1.54, 1.807) is 0 Å². The minimum absolute atomic E-state index is 0.0426. The van der Waals surface area contributed by atoms with Crippen LogP contribution >= 0.6 is 0 Å². The van der Waals surface area contributed by atoms with Gasteiger partial charge in [0.1, 0.15) is 17.6 Å². The summed E-state index contributed by atoms with van der Waals surface area (Å²) in [5.41, 5.74) is -0.881. The summed E-state index contributed by atoms with van der Waals surface area (Å²) >= 11 is 0. The Morgan fingerprint density at radius 3 is 2.68 bits per heavy atom. The highest BCUT2D eigenvalue weighted by Crippen LogP contribution is 2.40. The average molecular weight is 265 g/mol. The Morgan fingerprint density at radius 2 is 2.11 bits per heavy atom. The fourth-order valence-electron chi connectivity index (χ4n) is 2.19. The lowest BCUT2D eigenvalue weighted by molar-refractivity contribution is 0.0694. The molecule has 0 amide bonds. The summed E-state index contributed by atoms with van der Waals surface area (Å²) in [4.78, 5) is 23.0. The molecule has 6 heteroatoms. The van der Waals surface area contributed by atoms with Crippen LogP contribution in [0.5, 0.6) is 0 Å². The lowest BCUT2D eigenvalue weighted by Gasteiger charge is -2.11. The van der Waals surface area contributed by atoms with E-state index in [4.69, 9.17) is 5.11 Å². The van der Waals surface area contributed by atoms with E-state index in [1.165, 1.54) is 10.6 Å². The third-order valence-electron chi connectivity index (χ3n) is 3.26. The van der Waals surface area contributed by atoms with Crippen molar-refractivity contribution in [2.75, 3.05) is 0 Å². The second-order valence-corrected chi connectivity index (χ2v) is 4.56. The van der Waals surface area contributed by atoms with Gasteiger partial charge in [-0.1, -0.05) is 0 Å². The van der Waals surface area contributed by atoms with E-state index in [9.17, 15) is 18.4 Å². The van der Waals surface area contributed by atoms with Crippen molar-refractivity contribution in [3.8, 4) is 0 Å². The number of fused-ring (bicyclic) bond motifs is 1. The van der Waals surface area contributed by atoms with Crippen LogP contribution in [0.4, 0.5) is 8.78 Å². The van der Waals surface area contributed by atoms with Crippen LogP contribution in [0.15, 0.2) is 29.2 Å². The van der Waals surface area contributed by atoms with Crippen molar-refractivity contribution < 1.29 is 18.7 Å². The number of aromatic carboxylic acids is 1. The van der Waals surface area contributed by atoms with Crippen molar-refractivity contribution in [2.24, 2.45) is 0 Å². The highest BCUT2D eigenvalue weighted by Gasteiger charge is 2.40. The van der Waals surface area contributed by atoms with Gasteiger partial charge in [0.2, 0.25) is 5.43 Å². The van der Waals surface area contributed by atoms with Crippen LogP contribution < -0.4 is 5.43 Å². The van der Waals surface area contributed by atoms with Gasteiger partial charge in [0.05, 0.1) is 11.6 Å². The summed E-state index contributed by atoms with van der Waals surface area (Å²) in [5.74, 6) is -2.03. The highest BCUT2D eigenvalue weighted by atomic mass is 19.1.